The van der Waals surface area contributed by atoms with E-state index in [-0.39, 0.29) is 22.2 Å². The zero-order chi connectivity index (χ0) is 13.1. The van der Waals surface area contributed by atoms with Crippen LogP contribution in [0.4, 0.5) is 0 Å². The van der Waals surface area contributed by atoms with Gasteiger partial charge in [0.1, 0.15) is 0 Å². The first kappa shape index (κ1) is 11.8. The van der Waals surface area contributed by atoms with Gasteiger partial charge in [-0.15, -0.1) is 0 Å². The summed E-state index contributed by atoms with van der Waals surface area (Å²) in [6.45, 7) is 1.44. The lowest BCUT2D eigenvalue weighted by molar-refractivity contribution is -0.794. The van der Waals surface area contributed by atoms with E-state index in [1.807, 2.05) is 0 Å². The van der Waals surface area contributed by atoms with E-state index in [0.717, 1.165) is 0 Å². The summed E-state index contributed by atoms with van der Waals surface area (Å²) in [7, 11) is 0. The number of hydrogen-bond acceptors (Lipinski definition) is 6. The van der Waals surface area contributed by atoms with Crippen LogP contribution in [0.25, 0.3) is 0 Å². The Morgan fingerprint density at radius 3 is 2.61 bits per heavy atom. The van der Waals surface area contributed by atoms with Crippen molar-refractivity contribution >= 4 is 11.5 Å². The minimum absolute atomic E-state index is 0.0330. The van der Waals surface area contributed by atoms with Gasteiger partial charge in [0.25, 0.3) is 0 Å². The highest BCUT2D eigenvalue weighted by atomic mass is 16.7. The zero-order valence-corrected chi connectivity index (χ0v) is 9.40. The number of benzene rings is 1. The second-order valence-corrected chi connectivity index (χ2v) is 3.45. The first-order valence-electron chi connectivity index (χ1n) is 5.03. The summed E-state index contributed by atoms with van der Waals surface area (Å²) < 4.78 is 4.59. The fraction of sp³-hybridized carbons (Fsp3) is 0.0909. The van der Waals surface area contributed by atoms with Gasteiger partial charge in [0.2, 0.25) is 17.4 Å². The van der Waals surface area contributed by atoms with Crippen molar-refractivity contribution in [1.82, 2.24) is 4.98 Å². The molecule has 7 heteroatoms. The van der Waals surface area contributed by atoms with Gasteiger partial charge in [0, 0.05) is 12.5 Å². The van der Waals surface area contributed by atoms with E-state index in [1.54, 1.807) is 18.2 Å². The van der Waals surface area contributed by atoms with E-state index in [4.69, 9.17) is 5.21 Å². The SMILES string of the molecule is Cc1nc(/C(=N\O)C(=O)c2ccccc2)[n+]([O-])o1. The molecule has 0 aliphatic heterocycles. The van der Waals surface area contributed by atoms with Crippen LogP contribution in [0.1, 0.15) is 22.1 Å². The standard InChI is InChI=1S/C11H9N3O4/c1-7-12-11(14(17)18-7)9(13-16)10(15)8-5-3-2-4-6-8/h2-6,16H,1H3/b13-9-. The number of ketones is 1. The Morgan fingerprint density at radius 1 is 1.44 bits per heavy atom. The number of hydrogen-bond donors (Lipinski definition) is 1. The predicted molar refractivity (Wildman–Crippen MR) is 59.3 cm³/mol. The average molecular weight is 247 g/mol. The zero-order valence-electron chi connectivity index (χ0n) is 9.40. The van der Waals surface area contributed by atoms with Crippen LogP contribution < -0.4 is 4.90 Å². The van der Waals surface area contributed by atoms with Crippen LogP contribution in [-0.2, 0) is 0 Å². The average Bonchev–Trinajstić information content (AvgIpc) is 2.70. The number of rotatable bonds is 3. The molecule has 0 spiro atoms. The number of carbonyl (C=O) groups excluding carboxylic acids is 1. The monoisotopic (exact) mass is 247 g/mol. The Kier molecular flexibility index (Phi) is 3.05. The summed E-state index contributed by atoms with van der Waals surface area (Å²) in [5.41, 5.74) is -0.181. The minimum Gasteiger partial charge on any atom is -0.410 e. The number of aromatic nitrogens is 2. The van der Waals surface area contributed by atoms with Crippen LogP contribution in [0, 0.1) is 12.1 Å². The van der Waals surface area contributed by atoms with Crippen molar-refractivity contribution < 1.29 is 19.4 Å². The summed E-state index contributed by atoms with van der Waals surface area (Å²) in [5, 5.41) is 23.0. The predicted octanol–water partition coefficient (Wildman–Crippen LogP) is 0.678. The van der Waals surface area contributed by atoms with Crippen LogP contribution in [0.5, 0.6) is 0 Å². The molecule has 1 heterocycles. The number of nitrogens with zero attached hydrogens (tertiary/aromatic N) is 3. The highest BCUT2D eigenvalue weighted by Crippen LogP contribution is 2.05. The highest BCUT2D eigenvalue weighted by molar-refractivity contribution is 6.50. The van der Waals surface area contributed by atoms with Crippen molar-refractivity contribution in [2.75, 3.05) is 0 Å². The molecule has 0 saturated carbocycles. The van der Waals surface area contributed by atoms with E-state index < -0.39 is 11.5 Å². The van der Waals surface area contributed by atoms with E-state index in [0.29, 0.717) is 0 Å². The molecule has 0 atom stereocenters. The van der Waals surface area contributed by atoms with Gasteiger partial charge >= 0.3 is 5.82 Å². The van der Waals surface area contributed by atoms with Crippen molar-refractivity contribution in [3.05, 3.63) is 52.8 Å². The van der Waals surface area contributed by atoms with E-state index in [2.05, 4.69) is 14.7 Å². The number of Topliss-reactive ketones (excluding diaryl/α,β-unsaturated/α-hetero) is 1. The quantitative estimate of drug-likeness (QED) is 0.282. The fourth-order valence-electron chi connectivity index (χ4n) is 1.43. The van der Waals surface area contributed by atoms with E-state index in [9.17, 15) is 10.0 Å². The second kappa shape index (κ2) is 4.66. The molecule has 1 aromatic heterocycles. The third-order valence-corrected chi connectivity index (χ3v) is 2.21. The third-order valence-electron chi connectivity index (χ3n) is 2.21. The molecular formula is C11H9N3O4. The summed E-state index contributed by atoms with van der Waals surface area (Å²) >= 11 is 0. The Balaban J connectivity index is 2.42. The molecule has 0 fully saturated rings. The Labute approximate surface area is 102 Å². The molecular weight excluding hydrogens is 238 g/mol. The second-order valence-electron chi connectivity index (χ2n) is 3.45. The van der Waals surface area contributed by atoms with Gasteiger partial charge in [-0.1, -0.05) is 35.5 Å². The lowest BCUT2D eigenvalue weighted by atomic mass is 10.1. The Bertz CT molecular complexity index is 604. The minimum atomic E-state index is -0.615. The maximum Gasteiger partial charge on any atom is 0.397 e. The largest absolute Gasteiger partial charge is 0.410 e. The third kappa shape index (κ3) is 2.05. The van der Waals surface area contributed by atoms with E-state index in [1.165, 1.54) is 19.1 Å². The first-order chi connectivity index (χ1) is 8.63. The molecule has 7 nitrogen and oxygen atoms in total. The van der Waals surface area contributed by atoms with Gasteiger partial charge in [-0.3, -0.25) is 4.79 Å². The Hall–Kier alpha value is -2.70. The van der Waals surface area contributed by atoms with Crippen molar-refractivity contribution in [3.63, 3.8) is 0 Å². The molecule has 2 rings (SSSR count). The van der Waals surface area contributed by atoms with Crippen molar-refractivity contribution in [2.24, 2.45) is 5.16 Å². The first-order valence-corrected chi connectivity index (χ1v) is 5.03. The van der Waals surface area contributed by atoms with Crippen LogP contribution in [0.2, 0.25) is 0 Å². The number of oxime groups is 1. The van der Waals surface area contributed by atoms with Crippen molar-refractivity contribution in [2.45, 2.75) is 6.92 Å². The highest BCUT2D eigenvalue weighted by Gasteiger charge is 2.29. The van der Waals surface area contributed by atoms with E-state index >= 15 is 0 Å². The molecule has 92 valence electrons. The van der Waals surface area contributed by atoms with Gasteiger partial charge in [-0.05, 0) is 9.89 Å². The van der Waals surface area contributed by atoms with Gasteiger partial charge in [0.05, 0.1) is 0 Å². The summed E-state index contributed by atoms with van der Waals surface area (Å²) in [4.78, 5) is 15.7. The summed E-state index contributed by atoms with van der Waals surface area (Å²) in [6, 6.07) is 8.12. The van der Waals surface area contributed by atoms with Crippen LogP contribution in [0.3, 0.4) is 0 Å². The maximum atomic E-state index is 12.0. The molecule has 18 heavy (non-hydrogen) atoms. The summed E-state index contributed by atoms with van der Waals surface area (Å²) in [5.74, 6) is -0.915. The number of aryl methyl sites for hydroxylation is 1. The fourth-order valence-corrected chi connectivity index (χ4v) is 1.43. The van der Waals surface area contributed by atoms with Gasteiger partial charge in [0.15, 0.2) is 0 Å². The normalized spacial score (nSPS) is 11.5. The molecule has 0 radical (unpaired) electrons. The molecule has 0 saturated heterocycles. The molecule has 2 aromatic rings. The lowest BCUT2D eigenvalue weighted by Crippen LogP contribution is -2.35. The molecule has 0 aliphatic carbocycles. The molecule has 1 aromatic carbocycles. The molecule has 0 aliphatic rings. The molecule has 1 N–H and O–H groups in total. The molecule has 0 amide bonds. The van der Waals surface area contributed by atoms with Crippen LogP contribution in [-0.4, -0.2) is 21.7 Å². The van der Waals surface area contributed by atoms with Crippen LogP contribution in [0.15, 0.2) is 40.0 Å². The molecule has 0 unspecified atom stereocenters. The molecule has 0 bridgehead atoms. The summed E-state index contributed by atoms with van der Waals surface area (Å²) in [6.07, 6.45) is 0. The van der Waals surface area contributed by atoms with Gasteiger partial charge in [-0.2, -0.15) is 0 Å². The maximum absolute atomic E-state index is 12.0. The van der Waals surface area contributed by atoms with Crippen LogP contribution >= 0.6 is 0 Å². The van der Waals surface area contributed by atoms with Crippen molar-refractivity contribution in [1.29, 1.82) is 0 Å². The van der Waals surface area contributed by atoms with Gasteiger partial charge < -0.3 is 14.9 Å². The Morgan fingerprint density at radius 2 is 2.11 bits per heavy atom. The lowest BCUT2D eigenvalue weighted by Gasteiger charge is -1.98. The smallest absolute Gasteiger partial charge is 0.397 e. The van der Waals surface area contributed by atoms with Gasteiger partial charge in [-0.25, -0.2) is 0 Å². The topological polar surface area (TPSA) is 103 Å². The van der Waals surface area contributed by atoms with Crippen molar-refractivity contribution in [3.8, 4) is 0 Å². The number of carbonyl (C=O) groups is 1.